The summed E-state index contributed by atoms with van der Waals surface area (Å²) in [4.78, 5) is 11.1. The average molecular weight is 339 g/mol. The van der Waals surface area contributed by atoms with Gasteiger partial charge in [0.15, 0.2) is 0 Å². The van der Waals surface area contributed by atoms with Gasteiger partial charge in [-0.3, -0.25) is 0 Å². The third-order valence-electron chi connectivity index (χ3n) is 3.83. The predicted octanol–water partition coefficient (Wildman–Crippen LogP) is 1.12. The summed E-state index contributed by atoms with van der Waals surface area (Å²) in [7, 11) is 5.01. The SMILES string of the molecule is [B]NC(=O)Nc1ccc(C[C@@H](CO)NC[C@H](O)c2ccccc2)cc1. The van der Waals surface area contributed by atoms with Crippen LogP contribution < -0.4 is 15.9 Å². The van der Waals surface area contributed by atoms with Gasteiger partial charge in [-0.2, -0.15) is 0 Å². The molecule has 0 fully saturated rings. The lowest BCUT2D eigenvalue weighted by atomic mass is 10.0. The second kappa shape index (κ2) is 9.83. The smallest absolute Gasteiger partial charge is 0.306 e. The highest BCUT2D eigenvalue weighted by Gasteiger charge is 2.12. The molecule has 0 unspecified atom stereocenters. The van der Waals surface area contributed by atoms with Crippen LogP contribution in [0.5, 0.6) is 0 Å². The van der Waals surface area contributed by atoms with Gasteiger partial charge in [0, 0.05) is 18.3 Å². The Balaban J connectivity index is 1.85. The van der Waals surface area contributed by atoms with E-state index in [1.54, 1.807) is 12.1 Å². The molecular formula is C18H22BN3O3. The van der Waals surface area contributed by atoms with Gasteiger partial charge in [0.05, 0.1) is 12.7 Å². The number of rotatable bonds is 8. The van der Waals surface area contributed by atoms with Crippen LogP contribution in [0.3, 0.4) is 0 Å². The lowest BCUT2D eigenvalue weighted by Gasteiger charge is -2.19. The summed E-state index contributed by atoms with van der Waals surface area (Å²) >= 11 is 0. The van der Waals surface area contributed by atoms with Crippen molar-refractivity contribution in [2.24, 2.45) is 0 Å². The van der Waals surface area contributed by atoms with E-state index in [1.165, 1.54) is 0 Å². The van der Waals surface area contributed by atoms with Crippen molar-refractivity contribution < 1.29 is 15.0 Å². The molecule has 0 saturated heterocycles. The number of urea groups is 1. The Morgan fingerprint density at radius 2 is 1.76 bits per heavy atom. The van der Waals surface area contributed by atoms with E-state index in [-0.39, 0.29) is 12.6 Å². The van der Waals surface area contributed by atoms with Gasteiger partial charge in [-0.1, -0.05) is 42.5 Å². The van der Waals surface area contributed by atoms with Crippen molar-refractivity contribution >= 4 is 19.7 Å². The molecule has 2 aromatic rings. The fourth-order valence-electron chi connectivity index (χ4n) is 2.45. The number of carbonyl (C=O) groups is 1. The van der Waals surface area contributed by atoms with Gasteiger partial charge < -0.3 is 26.1 Å². The van der Waals surface area contributed by atoms with E-state index >= 15 is 0 Å². The van der Waals surface area contributed by atoms with Crippen molar-refractivity contribution in [1.29, 1.82) is 0 Å². The van der Waals surface area contributed by atoms with Crippen molar-refractivity contribution in [3.63, 3.8) is 0 Å². The zero-order chi connectivity index (χ0) is 18.1. The summed E-state index contributed by atoms with van der Waals surface area (Å²) in [5.74, 6) is 0. The monoisotopic (exact) mass is 339 g/mol. The first-order chi connectivity index (χ1) is 12.1. The Kier molecular flexibility index (Phi) is 7.47. The van der Waals surface area contributed by atoms with Crippen LogP contribution in [0.4, 0.5) is 10.5 Å². The lowest BCUT2D eigenvalue weighted by molar-refractivity contribution is 0.158. The highest BCUT2D eigenvalue weighted by Crippen LogP contribution is 2.13. The summed E-state index contributed by atoms with van der Waals surface area (Å²) in [5, 5.41) is 27.5. The molecule has 25 heavy (non-hydrogen) atoms. The Labute approximate surface area is 148 Å². The van der Waals surface area contributed by atoms with E-state index in [4.69, 9.17) is 7.98 Å². The molecule has 0 aromatic heterocycles. The first-order valence-corrected chi connectivity index (χ1v) is 8.06. The maximum Gasteiger partial charge on any atom is 0.306 e. The molecule has 5 N–H and O–H groups in total. The van der Waals surface area contributed by atoms with Gasteiger partial charge in [0.1, 0.15) is 0 Å². The number of aliphatic hydroxyl groups excluding tert-OH is 2. The maximum atomic E-state index is 11.1. The van der Waals surface area contributed by atoms with E-state index in [1.807, 2.05) is 47.7 Å². The number of carbonyl (C=O) groups excluding carboxylic acids is 1. The van der Waals surface area contributed by atoms with Crippen LogP contribution in [0, 0.1) is 0 Å². The number of amides is 2. The second-order valence-corrected chi connectivity index (χ2v) is 5.71. The summed E-state index contributed by atoms with van der Waals surface area (Å²) in [6.07, 6.45) is -0.0296. The molecule has 2 atom stereocenters. The van der Waals surface area contributed by atoms with Crippen molar-refractivity contribution in [2.45, 2.75) is 18.6 Å². The maximum absolute atomic E-state index is 11.1. The quantitative estimate of drug-likeness (QED) is 0.466. The van der Waals surface area contributed by atoms with Crippen LogP contribution in [0.15, 0.2) is 54.6 Å². The van der Waals surface area contributed by atoms with Crippen LogP contribution in [-0.2, 0) is 6.42 Å². The third-order valence-corrected chi connectivity index (χ3v) is 3.83. The van der Waals surface area contributed by atoms with Gasteiger partial charge in [0.25, 0.3) is 0 Å². The molecule has 7 heteroatoms. The topological polar surface area (TPSA) is 93.6 Å². The van der Waals surface area contributed by atoms with E-state index in [0.717, 1.165) is 11.1 Å². The fourth-order valence-corrected chi connectivity index (χ4v) is 2.45. The number of nitrogens with one attached hydrogen (secondary N) is 3. The minimum Gasteiger partial charge on any atom is -0.395 e. The molecule has 2 aromatic carbocycles. The van der Waals surface area contributed by atoms with Crippen molar-refractivity contribution in [1.82, 2.24) is 10.5 Å². The van der Waals surface area contributed by atoms with Crippen LogP contribution in [-0.4, -0.2) is 43.4 Å². The molecule has 6 nitrogen and oxygen atoms in total. The Morgan fingerprint density at radius 1 is 1.08 bits per heavy atom. The van der Waals surface area contributed by atoms with Crippen molar-refractivity contribution in [3.8, 4) is 0 Å². The molecular weight excluding hydrogens is 317 g/mol. The molecule has 0 spiro atoms. The second-order valence-electron chi connectivity index (χ2n) is 5.71. The van der Waals surface area contributed by atoms with E-state index in [9.17, 15) is 15.0 Å². The number of hydrogen-bond donors (Lipinski definition) is 5. The number of benzene rings is 2. The van der Waals surface area contributed by atoms with Gasteiger partial charge in [0.2, 0.25) is 7.98 Å². The Morgan fingerprint density at radius 3 is 2.36 bits per heavy atom. The molecule has 2 rings (SSSR count). The van der Waals surface area contributed by atoms with E-state index in [0.29, 0.717) is 18.7 Å². The van der Waals surface area contributed by atoms with Crippen molar-refractivity contribution in [2.75, 3.05) is 18.5 Å². The van der Waals surface area contributed by atoms with Crippen LogP contribution in [0.25, 0.3) is 0 Å². The highest BCUT2D eigenvalue weighted by atomic mass is 16.3. The van der Waals surface area contributed by atoms with Gasteiger partial charge >= 0.3 is 6.03 Å². The van der Waals surface area contributed by atoms with Crippen LogP contribution in [0.1, 0.15) is 17.2 Å². The zero-order valence-electron chi connectivity index (χ0n) is 13.9. The molecule has 0 aliphatic heterocycles. The number of hydrogen-bond acceptors (Lipinski definition) is 4. The first-order valence-electron chi connectivity index (χ1n) is 8.06. The minimum absolute atomic E-state index is 0.0446. The molecule has 2 amide bonds. The summed E-state index contributed by atoms with van der Waals surface area (Å²) in [5.41, 5.74) is 2.46. The van der Waals surface area contributed by atoms with Crippen LogP contribution >= 0.6 is 0 Å². The third kappa shape index (κ3) is 6.23. The predicted molar refractivity (Wildman–Crippen MR) is 98.3 cm³/mol. The first kappa shape index (κ1) is 19.0. The average Bonchev–Trinajstić information content (AvgIpc) is 2.66. The van der Waals surface area contributed by atoms with E-state index in [2.05, 4.69) is 10.6 Å². The number of aliphatic hydroxyl groups is 2. The van der Waals surface area contributed by atoms with Crippen molar-refractivity contribution in [3.05, 3.63) is 65.7 Å². The summed E-state index contributed by atoms with van der Waals surface area (Å²) in [6, 6.07) is 16.0. The van der Waals surface area contributed by atoms with Gasteiger partial charge in [-0.05, 0) is 29.7 Å². The largest absolute Gasteiger partial charge is 0.395 e. The molecule has 130 valence electrons. The van der Waals surface area contributed by atoms with E-state index < -0.39 is 12.1 Å². The molecule has 0 heterocycles. The normalized spacial score (nSPS) is 13.0. The highest BCUT2D eigenvalue weighted by molar-refractivity contribution is 6.16. The minimum atomic E-state index is -0.628. The fraction of sp³-hybridized carbons (Fsp3) is 0.278. The molecule has 0 saturated carbocycles. The number of anilines is 1. The molecule has 2 radical (unpaired) electrons. The lowest BCUT2D eigenvalue weighted by Crippen LogP contribution is -2.37. The zero-order valence-corrected chi connectivity index (χ0v) is 13.9. The summed E-state index contributed by atoms with van der Waals surface area (Å²) < 4.78 is 0. The molecule has 0 aliphatic carbocycles. The molecule has 0 bridgehead atoms. The van der Waals surface area contributed by atoms with Crippen LogP contribution in [0.2, 0.25) is 0 Å². The molecule has 0 aliphatic rings. The standard InChI is InChI=1S/C18H22BN3O3/c19-22-18(25)21-15-8-6-13(7-9-15)10-16(12-23)20-11-17(24)14-4-2-1-3-5-14/h1-9,16-17,20,23-24H,10-12H2,(H2,21,22,25)/t16-,17-/m0/s1. The summed E-state index contributed by atoms with van der Waals surface area (Å²) in [6.45, 7) is 0.308. The Hall–Kier alpha value is -2.35. The van der Waals surface area contributed by atoms with Gasteiger partial charge in [-0.15, -0.1) is 0 Å². The van der Waals surface area contributed by atoms with Gasteiger partial charge in [-0.25, -0.2) is 4.79 Å². The Bertz CT molecular complexity index is 652.